The molecule has 206 valence electrons. The Balaban J connectivity index is 1.67. The van der Waals surface area contributed by atoms with Crippen LogP contribution < -0.4 is 10.1 Å². The van der Waals surface area contributed by atoms with E-state index in [0.29, 0.717) is 30.8 Å². The van der Waals surface area contributed by atoms with Crippen LogP contribution in [0.5, 0.6) is 5.75 Å². The van der Waals surface area contributed by atoms with Crippen molar-refractivity contribution in [2.24, 2.45) is 5.92 Å². The number of likely N-dealkylation sites (tertiary alicyclic amines) is 1. The Morgan fingerprint density at radius 1 is 1.11 bits per heavy atom. The Bertz CT molecular complexity index is 1240. The van der Waals surface area contributed by atoms with Crippen molar-refractivity contribution in [3.05, 3.63) is 53.1 Å². The van der Waals surface area contributed by atoms with E-state index in [1.54, 1.807) is 30.9 Å². The summed E-state index contributed by atoms with van der Waals surface area (Å²) >= 11 is 0. The van der Waals surface area contributed by atoms with Crippen molar-refractivity contribution in [1.29, 1.82) is 0 Å². The molecule has 2 aromatic carbocycles. The fraction of sp³-hybridized carbons (Fsp3) is 0.444. The molecule has 1 saturated heterocycles. The lowest BCUT2D eigenvalue weighted by atomic mass is 9.91. The number of hydrogen-bond donors (Lipinski definition) is 2. The van der Waals surface area contributed by atoms with Gasteiger partial charge in [-0.05, 0) is 73.9 Å². The highest BCUT2D eigenvalue weighted by Gasteiger charge is 2.41. The van der Waals surface area contributed by atoms with Crippen LogP contribution in [0.2, 0.25) is 0 Å². The van der Waals surface area contributed by atoms with Crippen LogP contribution in [0.15, 0.2) is 35.2 Å². The monoisotopic (exact) mass is 549 g/mol. The zero-order valence-electron chi connectivity index (χ0n) is 21.9. The van der Waals surface area contributed by atoms with Gasteiger partial charge in [-0.15, -0.1) is 0 Å². The number of urea groups is 1. The van der Waals surface area contributed by atoms with Gasteiger partial charge in [0.2, 0.25) is 0 Å². The molecule has 2 aliphatic rings. The Hall–Kier alpha value is -3.34. The summed E-state index contributed by atoms with van der Waals surface area (Å²) in [6, 6.07) is 5.94. The van der Waals surface area contributed by atoms with Gasteiger partial charge in [0.05, 0.1) is 17.4 Å². The van der Waals surface area contributed by atoms with E-state index in [0.717, 1.165) is 17.7 Å². The summed E-state index contributed by atoms with van der Waals surface area (Å²) in [5.41, 5.74) is 1.36. The molecule has 0 saturated carbocycles. The third-order valence-electron chi connectivity index (χ3n) is 6.83. The van der Waals surface area contributed by atoms with Crippen molar-refractivity contribution in [2.45, 2.75) is 30.7 Å². The Kier molecular flexibility index (Phi) is 7.87. The first-order chi connectivity index (χ1) is 17.9. The number of carboxylic acids is 1. The molecule has 2 aliphatic heterocycles. The molecule has 2 N–H and O–H groups in total. The number of anilines is 1. The normalized spacial score (nSPS) is 19.6. The number of aliphatic carboxylic acids is 1. The van der Waals surface area contributed by atoms with Crippen molar-refractivity contribution in [3.8, 4) is 5.75 Å². The number of nitrogens with one attached hydrogen (secondary N) is 1. The standard InChI is InChI=1S/C27H33F2N3O5S/c1-5-37-19-6-7-20-16(12-19)9-11-32(27(36)31-10-8-17(15-31)26(34)35)23(20)25(33)30-18-13-21(28)24(22(29)14-18)38(2,3)4/h6-7,12-14,17,23H,5,8-11,15H2,1-4H3,(H,30,33)(H,34,35)/t17?,23-/m1/s1. The second-order valence-corrected chi connectivity index (χ2v) is 14.4. The van der Waals surface area contributed by atoms with Gasteiger partial charge in [0.1, 0.15) is 23.4 Å². The van der Waals surface area contributed by atoms with E-state index < -0.39 is 51.5 Å². The van der Waals surface area contributed by atoms with E-state index in [1.165, 1.54) is 9.80 Å². The van der Waals surface area contributed by atoms with Gasteiger partial charge in [-0.25, -0.2) is 23.6 Å². The highest BCUT2D eigenvalue weighted by atomic mass is 32.3. The number of carboxylic acid groups (broad SMARTS) is 1. The number of ether oxygens (including phenoxy) is 1. The van der Waals surface area contributed by atoms with Crippen LogP contribution in [0.25, 0.3) is 0 Å². The number of hydrogen-bond acceptors (Lipinski definition) is 4. The Morgan fingerprint density at radius 2 is 1.79 bits per heavy atom. The van der Waals surface area contributed by atoms with Gasteiger partial charge >= 0.3 is 12.0 Å². The summed E-state index contributed by atoms with van der Waals surface area (Å²) in [5.74, 6) is -3.08. The van der Waals surface area contributed by atoms with Crippen LogP contribution in [0.3, 0.4) is 0 Å². The average molecular weight is 550 g/mol. The highest BCUT2D eigenvalue weighted by Crippen LogP contribution is 2.48. The molecule has 1 fully saturated rings. The zero-order chi connectivity index (χ0) is 27.8. The van der Waals surface area contributed by atoms with Crippen LogP contribution >= 0.6 is 10.0 Å². The molecule has 2 aromatic rings. The van der Waals surface area contributed by atoms with Crippen LogP contribution in [0.1, 0.15) is 30.5 Å². The van der Waals surface area contributed by atoms with E-state index in [2.05, 4.69) is 5.32 Å². The van der Waals surface area contributed by atoms with Crippen molar-refractivity contribution in [3.63, 3.8) is 0 Å². The molecule has 2 heterocycles. The highest BCUT2D eigenvalue weighted by molar-refractivity contribution is 8.32. The quantitative estimate of drug-likeness (QED) is 0.554. The largest absolute Gasteiger partial charge is 0.494 e. The van der Waals surface area contributed by atoms with Gasteiger partial charge in [0.25, 0.3) is 5.91 Å². The molecular formula is C27H33F2N3O5S. The molecule has 0 aromatic heterocycles. The number of fused-ring (bicyclic) bond motifs is 1. The number of benzene rings is 2. The van der Waals surface area contributed by atoms with Gasteiger partial charge in [0, 0.05) is 25.3 Å². The Labute approximate surface area is 222 Å². The fourth-order valence-electron chi connectivity index (χ4n) is 5.09. The maximum absolute atomic E-state index is 14.9. The third-order valence-corrected chi connectivity index (χ3v) is 8.45. The number of halogens is 2. The number of nitrogens with zero attached hydrogens (tertiary/aromatic N) is 2. The maximum atomic E-state index is 14.9. The predicted octanol–water partition coefficient (Wildman–Crippen LogP) is 4.48. The summed E-state index contributed by atoms with van der Waals surface area (Å²) in [7, 11) is -1.69. The number of rotatable bonds is 6. The van der Waals surface area contributed by atoms with Crippen LogP contribution in [0.4, 0.5) is 19.3 Å². The first-order valence-electron chi connectivity index (χ1n) is 12.4. The smallest absolute Gasteiger partial charge is 0.320 e. The first-order valence-corrected chi connectivity index (χ1v) is 15.3. The molecule has 0 aliphatic carbocycles. The molecule has 11 heteroatoms. The minimum atomic E-state index is -1.69. The number of carbonyl (C=O) groups excluding carboxylic acids is 2. The summed E-state index contributed by atoms with van der Waals surface area (Å²) in [5, 5.41) is 12.0. The zero-order valence-corrected chi connectivity index (χ0v) is 22.7. The second kappa shape index (κ2) is 10.8. The molecule has 1 unspecified atom stereocenters. The summed E-state index contributed by atoms with van der Waals surface area (Å²) < 4.78 is 35.3. The van der Waals surface area contributed by atoms with Crippen molar-refractivity contribution < 1.29 is 33.0 Å². The van der Waals surface area contributed by atoms with E-state index in [1.807, 2.05) is 13.0 Å². The molecule has 38 heavy (non-hydrogen) atoms. The van der Waals surface area contributed by atoms with E-state index in [4.69, 9.17) is 4.74 Å². The maximum Gasteiger partial charge on any atom is 0.320 e. The van der Waals surface area contributed by atoms with Gasteiger partial charge in [-0.3, -0.25) is 9.59 Å². The molecule has 0 radical (unpaired) electrons. The van der Waals surface area contributed by atoms with Gasteiger partial charge in [-0.2, -0.15) is 0 Å². The third kappa shape index (κ3) is 5.57. The van der Waals surface area contributed by atoms with Crippen molar-refractivity contribution >= 4 is 33.6 Å². The number of amides is 3. The topological polar surface area (TPSA) is 99.2 Å². The average Bonchev–Trinajstić information content (AvgIpc) is 3.32. The summed E-state index contributed by atoms with van der Waals surface area (Å²) in [6.07, 6.45) is 6.13. The van der Waals surface area contributed by atoms with Gasteiger partial charge < -0.3 is 25.0 Å². The summed E-state index contributed by atoms with van der Waals surface area (Å²) in [4.78, 5) is 41.4. The van der Waals surface area contributed by atoms with Crippen LogP contribution in [-0.4, -0.2) is 77.8 Å². The van der Waals surface area contributed by atoms with Crippen molar-refractivity contribution in [1.82, 2.24) is 9.80 Å². The molecule has 3 amide bonds. The van der Waals surface area contributed by atoms with E-state index >= 15 is 0 Å². The van der Waals surface area contributed by atoms with Crippen LogP contribution in [0, 0.1) is 17.6 Å². The molecule has 2 atom stereocenters. The lowest BCUT2D eigenvalue weighted by Crippen LogP contribution is -2.50. The summed E-state index contributed by atoms with van der Waals surface area (Å²) in [6.45, 7) is 2.87. The van der Waals surface area contributed by atoms with E-state index in [-0.39, 0.29) is 30.2 Å². The van der Waals surface area contributed by atoms with Gasteiger partial charge in [0.15, 0.2) is 0 Å². The molecule has 4 rings (SSSR count). The lowest BCUT2D eigenvalue weighted by molar-refractivity contribution is -0.141. The predicted molar refractivity (Wildman–Crippen MR) is 142 cm³/mol. The molecule has 0 spiro atoms. The minimum Gasteiger partial charge on any atom is -0.494 e. The van der Waals surface area contributed by atoms with Gasteiger partial charge in [-0.1, -0.05) is 6.07 Å². The van der Waals surface area contributed by atoms with Crippen molar-refractivity contribution in [2.75, 3.05) is 50.3 Å². The Morgan fingerprint density at radius 3 is 2.37 bits per heavy atom. The first kappa shape index (κ1) is 27.7. The fourth-order valence-corrected chi connectivity index (χ4v) is 6.38. The lowest BCUT2D eigenvalue weighted by Gasteiger charge is -2.38. The number of carbonyl (C=O) groups is 3. The minimum absolute atomic E-state index is 0.000729. The van der Waals surface area contributed by atoms with E-state index in [9.17, 15) is 28.3 Å². The molecule has 0 bridgehead atoms. The SMILES string of the molecule is CCOc1ccc2c(c1)CCN(C(=O)N1CCC(C(=O)O)C1)[C@H]2C(=O)Nc1cc(F)c(S(C)(C)C)c(F)c1. The molecular weight excluding hydrogens is 516 g/mol. The molecule has 8 nitrogen and oxygen atoms in total. The van der Waals surface area contributed by atoms with Crippen LogP contribution in [-0.2, 0) is 16.0 Å². The second-order valence-electron chi connectivity index (χ2n) is 10.3.